The standard InChI is InChI=1S/C39H28BrIN2O3S/c1-45-33-20-23(19-32(41)37(33)46-22-27-10-6-9-24-7-2-4-11-29(24)27)21-34-38(44)43-36(26-13-16-28(40)17-14-26)31-18-15-25-8-3-5-12-30(25)35(31)42-39(43)47-34/h2-14,16-17,19-21,36H,15,18,22H2,1H3/b34-21-/t36-/m1/s1. The number of aromatic nitrogens is 1. The van der Waals surface area contributed by atoms with E-state index in [1.165, 1.54) is 33.2 Å². The molecule has 1 aliphatic carbocycles. The normalized spacial score (nSPS) is 15.6. The van der Waals surface area contributed by atoms with Gasteiger partial charge in [0.1, 0.15) is 6.61 Å². The molecule has 0 saturated carbocycles. The molecule has 1 aromatic heterocycles. The number of allylic oxidation sites excluding steroid dienone is 1. The molecule has 8 heteroatoms. The zero-order chi connectivity index (χ0) is 32.1. The molecule has 1 atom stereocenters. The van der Waals surface area contributed by atoms with Crippen LogP contribution >= 0.6 is 49.9 Å². The number of ether oxygens (including phenoxy) is 2. The summed E-state index contributed by atoms with van der Waals surface area (Å²) in [5, 5.41) is 2.35. The minimum Gasteiger partial charge on any atom is -0.493 e. The number of aryl methyl sites for hydroxylation is 1. The second-order valence-corrected chi connectivity index (χ2v) is 14.7. The van der Waals surface area contributed by atoms with Crippen LogP contribution in [0.5, 0.6) is 11.5 Å². The average Bonchev–Trinajstić information content (AvgIpc) is 3.40. The van der Waals surface area contributed by atoms with Crippen LogP contribution in [0.25, 0.3) is 22.5 Å². The Morgan fingerprint density at radius 3 is 2.62 bits per heavy atom. The van der Waals surface area contributed by atoms with Crippen molar-refractivity contribution in [2.24, 2.45) is 4.99 Å². The first-order chi connectivity index (χ1) is 23.0. The van der Waals surface area contributed by atoms with Gasteiger partial charge in [-0.15, -0.1) is 0 Å². The Morgan fingerprint density at radius 2 is 1.77 bits per heavy atom. The molecule has 232 valence electrons. The first kappa shape index (κ1) is 30.4. The van der Waals surface area contributed by atoms with E-state index in [-0.39, 0.29) is 11.6 Å². The third-order valence-electron chi connectivity index (χ3n) is 8.86. The number of nitrogens with zero attached hydrogens (tertiary/aromatic N) is 2. The summed E-state index contributed by atoms with van der Waals surface area (Å²) in [6.45, 7) is 0.412. The van der Waals surface area contributed by atoms with Crippen molar-refractivity contribution in [1.29, 1.82) is 0 Å². The molecule has 2 aliphatic rings. The number of hydrogen-bond donors (Lipinski definition) is 0. The summed E-state index contributed by atoms with van der Waals surface area (Å²) in [5.41, 5.74) is 7.65. The summed E-state index contributed by atoms with van der Waals surface area (Å²) in [4.78, 5) is 20.1. The Hall–Kier alpha value is -3.99. The summed E-state index contributed by atoms with van der Waals surface area (Å²) in [6, 6.07) is 35.1. The molecular weight excluding hydrogens is 783 g/mol. The highest BCUT2D eigenvalue weighted by atomic mass is 127. The highest BCUT2D eigenvalue weighted by Gasteiger charge is 2.32. The van der Waals surface area contributed by atoms with Gasteiger partial charge in [0.05, 0.1) is 27.0 Å². The molecule has 0 spiro atoms. The third kappa shape index (κ3) is 5.56. The van der Waals surface area contributed by atoms with Gasteiger partial charge in [0.2, 0.25) is 0 Å². The predicted molar refractivity (Wildman–Crippen MR) is 201 cm³/mol. The fourth-order valence-corrected chi connectivity index (χ4v) is 8.70. The number of thiazole rings is 1. The molecule has 0 unspecified atom stereocenters. The molecule has 5 nitrogen and oxygen atoms in total. The van der Waals surface area contributed by atoms with Crippen LogP contribution in [-0.2, 0) is 13.0 Å². The van der Waals surface area contributed by atoms with Crippen molar-refractivity contribution in [3.05, 3.63) is 164 Å². The van der Waals surface area contributed by atoms with Crippen LogP contribution in [0.15, 0.2) is 123 Å². The first-order valence-corrected chi connectivity index (χ1v) is 18.0. The van der Waals surface area contributed by atoms with E-state index in [4.69, 9.17) is 14.5 Å². The molecule has 0 amide bonds. The molecule has 2 heterocycles. The van der Waals surface area contributed by atoms with Crippen molar-refractivity contribution < 1.29 is 9.47 Å². The lowest BCUT2D eigenvalue weighted by molar-refractivity contribution is 0.283. The van der Waals surface area contributed by atoms with Gasteiger partial charge < -0.3 is 9.47 Å². The Bertz CT molecular complexity index is 2410. The second-order valence-electron chi connectivity index (χ2n) is 11.6. The lowest BCUT2D eigenvalue weighted by atomic mass is 9.83. The molecular formula is C39H28BrIN2O3S. The number of benzene rings is 5. The summed E-state index contributed by atoms with van der Waals surface area (Å²) < 4.78 is 16.6. The second kappa shape index (κ2) is 12.6. The fourth-order valence-electron chi connectivity index (χ4n) is 6.65. The molecule has 0 radical (unpaired) electrons. The van der Waals surface area contributed by atoms with E-state index < -0.39 is 0 Å². The molecule has 5 aromatic carbocycles. The summed E-state index contributed by atoms with van der Waals surface area (Å²) in [6.07, 6.45) is 3.73. The quantitative estimate of drug-likeness (QED) is 0.159. The van der Waals surface area contributed by atoms with Crippen molar-refractivity contribution in [2.45, 2.75) is 25.5 Å². The molecule has 1 aliphatic heterocycles. The van der Waals surface area contributed by atoms with Crippen molar-refractivity contribution in [3.63, 3.8) is 0 Å². The first-order valence-electron chi connectivity index (χ1n) is 15.3. The SMILES string of the molecule is COc1cc(/C=c2\sc3n(c2=O)[C@H](c2ccc(Br)cc2)C2=C(N=3)c3ccccc3CC2)cc(I)c1OCc1cccc2ccccc12. The highest BCUT2D eigenvalue weighted by Crippen LogP contribution is 2.41. The van der Waals surface area contributed by atoms with E-state index in [1.807, 2.05) is 47.0 Å². The van der Waals surface area contributed by atoms with Crippen molar-refractivity contribution in [1.82, 2.24) is 4.57 Å². The van der Waals surface area contributed by atoms with Gasteiger partial charge in [-0.05, 0) is 104 Å². The topological polar surface area (TPSA) is 52.8 Å². The van der Waals surface area contributed by atoms with Crippen LogP contribution in [0.1, 0.15) is 40.3 Å². The molecule has 47 heavy (non-hydrogen) atoms. The summed E-state index contributed by atoms with van der Waals surface area (Å²) in [7, 11) is 1.65. The van der Waals surface area contributed by atoms with Gasteiger partial charge in [0.25, 0.3) is 5.56 Å². The van der Waals surface area contributed by atoms with Crippen LogP contribution in [0, 0.1) is 3.57 Å². The molecule has 0 bridgehead atoms. The van der Waals surface area contributed by atoms with E-state index in [1.54, 1.807) is 7.11 Å². The fraction of sp³-hybridized carbons (Fsp3) is 0.128. The van der Waals surface area contributed by atoms with E-state index in [0.717, 1.165) is 48.8 Å². The molecule has 0 N–H and O–H groups in total. The number of hydrogen-bond acceptors (Lipinski definition) is 5. The third-order valence-corrected chi connectivity index (χ3v) is 11.2. The number of fused-ring (bicyclic) bond motifs is 4. The summed E-state index contributed by atoms with van der Waals surface area (Å²) >= 11 is 7.30. The maximum atomic E-state index is 14.3. The van der Waals surface area contributed by atoms with E-state index in [0.29, 0.717) is 27.4 Å². The lowest BCUT2D eigenvalue weighted by Gasteiger charge is -2.30. The molecule has 8 rings (SSSR count). The Kier molecular flexibility index (Phi) is 8.11. The number of halogens is 2. The van der Waals surface area contributed by atoms with Crippen molar-refractivity contribution >= 4 is 72.4 Å². The molecule has 0 fully saturated rings. The van der Waals surface area contributed by atoms with Crippen LogP contribution < -0.4 is 24.4 Å². The van der Waals surface area contributed by atoms with E-state index in [9.17, 15) is 4.79 Å². The van der Waals surface area contributed by atoms with Gasteiger partial charge in [-0.1, -0.05) is 106 Å². The largest absolute Gasteiger partial charge is 0.493 e. The maximum Gasteiger partial charge on any atom is 0.271 e. The van der Waals surface area contributed by atoms with Gasteiger partial charge in [0.15, 0.2) is 16.3 Å². The van der Waals surface area contributed by atoms with Crippen LogP contribution in [0.4, 0.5) is 0 Å². The molecule has 6 aromatic rings. The Balaban J connectivity index is 1.20. The average molecular weight is 812 g/mol. The van der Waals surface area contributed by atoms with Crippen molar-refractivity contribution in [3.8, 4) is 11.5 Å². The van der Waals surface area contributed by atoms with Gasteiger partial charge in [-0.3, -0.25) is 9.36 Å². The Labute approximate surface area is 297 Å². The highest BCUT2D eigenvalue weighted by molar-refractivity contribution is 14.1. The van der Waals surface area contributed by atoms with Gasteiger partial charge >= 0.3 is 0 Å². The molecule has 0 saturated heterocycles. The van der Waals surface area contributed by atoms with Crippen LogP contribution in [0.2, 0.25) is 0 Å². The monoisotopic (exact) mass is 810 g/mol. The number of rotatable bonds is 6. The van der Waals surface area contributed by atoms with Crippen molar-refractivity contribution in [2.75, 3.05) is 7.11 Å². The lowest BCUT2D eigenvalue weighted by Crippen LogP contribution is -2.38. The zero-order valence-corrected chi connectivity index (χ0v) is 29.9. The zero-order valence-electron chi connectivity index (χ0n) is 25.4. The number of methoxy groups -OCH3 is 1. The summed E-state index contributed by atoms with van der Waals surface area (Å²) in [5.74, 6) is 1.30. The van der Waals surface area contributed by atoms with Crippen LogP contribution in [0.3, 0.4) is 0 Å². The van der Waals surface area contributed by atoms with E-state index in [2.05, 4.69) is 105 Å². The maximum absolute atomic E-state index is 14.3. The van der Waals surface area contributed by atoms with Gasteiger partial charge in [-0.2, -0.15) is 0 Å². The minimum atomic E-state index is -0.218. The Morgan fingerprint density at radius 1 is 0.979 bits per heavy atom. The smallest absolute Gasteiger partial charge is 0.271 e. The van der Waals surface area contributed by atoms with Crippen LogP contribution in [-0.4, -0.2) is 11.7 Å². The minimum absolute atomic E-state index is 0.0441. The van der Waals surface area contributed by atoms with E-state index >= 15 is 0 Å². The predicted octanol–water partition coefficient (Wildman–Crippen LogP) is 8.43. The van der Waals surface area contributed by atoms with Gasteiger partial charge in [0, 0.05) is 10.0 Å². The van der Waals surface area contributed by atoms with Gasteiger partial charge in [-0.25, -0.2) is 4.99 Å².